The molecule has 1 aliphatic rings. The van der Waals surface area contributed by atoms with Crippen LogP contribution >= 0.6 is 0 Å². The Hall–Kier alpha value is -1.59. The molecule has 1 fully saturated rings. The SMILES string of the molecule is CCN1CCOC(CNc2cccc(C(N)=O)c2)C1. The van der Waals surface area contributed by atoms with Crippen molar-refractivity contribution in [3.63, 3.8) is 0 Å². The summed E-state index contributed by atoms with van der Waals surface area (Å²) in [6.45, 7) is 6.67. The van der Waals surface area contributed by atoms with E-state index in [9.17, 15) is 4.79 Å². The molecule has 19 heavy (non-hydrogen) atoms. The number of likely N-dealkylation sites (N-methyl/N-ethyl adjacent to an activating group) is 1. The normalized spacial score (nSPS) is 20.2. The summed E-state index contributed by atoms with van der Waals surface area (Å²) in [5, 5.41) is 3.29. The van der Waals surface area contributed by atoms with E-state index in [1.165, 1.54) is 0 Å². The Bertz CT molecular complexity index is 436. The number of hydrogen-bond donors (Lipinski definition) is 2. The highest BCUT2D eigenvalue weighted by molar-refractivity contribution is 5.93. The first-order valence-corrected chi connectivity index (χ1v) is 6.66. The molecule has 0 bridgehead atoms. The number of rotatable bonds is 5. The molecule has 1 heterocycles. The van der Waals surface area contributed by atoms with Gasteiger partial charge in [-0.2, -0.15) is 0 Å². The molecule has 0 aliphatic carbocycles. The smallest absolute Gasteiger partial charge is 0.248 e. The largest absolute Gasteiger partial charge is 0.382 e. The molecule has 5 heteroatoms. The Balaban J connectivity index is 1.88. The Morgan fingerprint density at radius 3 is 3.16 bits per heavy atom. The van der Waals surface area contributed by atoms with Crippen molar-refractivity contribution in [3.05, 3.63) is 29.8 Å². The first-order valence-electron chi connectivity index (χ1n) is 6.66. The van der Waals surface area contributed by atoms with E-state index in [0.717, 1.165) is 38.5 Å². The Labute approximate surface area is 113 Å². The molecule has 2 rings (SSSR count). The second kappa shape index (κ2) is 6.54. The molecular weight excluding hydrogens is 242 g/mol. The summed E-state index contributed by atoms with van der Waals surface area (Å²) in [5.41, 5.74) is 6.67. The summed E-state index contributed by atoms with van der Waals surface area (Å²) in [4.78, 5) is 13.5. The summed E-state index contributed by atoms with van der Waals surface area (Å²) in [6.07, 6.45) is 0.186. The van der Waals surface area contributed by atoms with Crippen LogP contribution in [0.4, 0.5) is 5.69 Å². The summed E-state index contributed by atoms with van der Waals surface area (Å²) in [7, 11) is 0. The van der Waals surface area contributed by atoms with Crippen molar-refractivity contribution in [1.82, 2.24) is 4.90 Å². The molecule has 1 saturated heterocycles. The number of carbonyl (C=O) groups excluding carboxylic acids is 1. The van der Waals surface area contributed by atoms with E-state index in [-0.39, 0.29) is 6.10 Å². The standard InChI is InChI=1S/C14H21N3O2/c1-2-17-6-7-19-13(10-17)9-16-12-5-3-4-11(8-12)14(15)18/h3-5,8,13,16H,2,6-7,9-10H2,1H3,(H2,15,18). The van der Waals surface area contributed by atoms with E-state index in [1.54, 1.807) is 12.1 Å². The minimum atomic E-state index is -0.408. The Morgan fingerprint density at radius 2 is 2.42 bits per heavy atom. The van der Waals surface area contributed by atoms with E-state index in [2.05, 4.69) is 17.1 Å². The van der Waals surface area contributed by atoms with Crippen LogP contribution in [0.3, 0.4) is 0 Å². The number of carbonyl (C=O) groups is 1. The number of morpholine rings is 1. The van der Waals surface area contributed by atoms with Crippen molar-refractivity contribution < 1.29 is 9.53 Å². The van der Waals surface area contributed by atoms with Crippen LogP contribution in [0.5, 0.6) is 0 Å². The number of nitrogens with two attached hydrogens (primary N) is 1. The first-order chi connectivity index (χ1) is 9.19. The number of anilines is 1. The van der Waals surface area contributed by atoms with Crippen molar-refractivity contribution >= 4 is 11.6 Å². The van der Waals surface area contributed by atoms with Gasteiger partial charge in [0.2, 0.25) is 5.91 Å². The van der Waals surface area contributed by atoms with Crippen LogP contribution < -0.4 is 11.1 Å². The third-order valence-corrected chi connectivity index (χ3v) is 3.35. The number of primary amides is 1. The van der Waals surface area contributed by atoms with Gasteiger partial charge in [0.15, 0.2) is 0 Å². The number of nitrogens with one attached hydrogen (secondary N) is 1. The van der Waals surface area contributed by atoms with E-state index < -0.39 is 5.91 Å². The first kappa shape index (κ1) is 13.8. The van der Waals surface area contributed by atoms with Gasteiger partial charge in [0.25, 0.3) is 0 Å². The van der Waals surface area contributed by atoms with Crippen molar-refractivity contribution in [2.75, 3.05) is 38.1 Å². The lowest BCUT2D eigenvalue weighted by Gasteiger charge is -2.32. The molecular formula is C14H21N3O2. The number of hydrogen-bond acceptors (Lipinski definition) is 4. The summed E-state index contributed by atoms with van der Waals surface area (Å²) in [5.74, 6) is -0.408. The zero-order chi connectivity index (χ0) is 13.7. The predicted octanol–water partition coefficient (Wildman–Crippen LogP) is 0.918. The molecule has 1 aliphatic heterocycles. The molecule has 0 spiro atoms. The molecule has 1 aromatic rings. The van der Waals surface area contributed by atoms with Gasteiger partial charge in [-0.25, -0.2) is 0 Å². The molecule has 0 aromatic heterocycles. The van der Waals surface area contributed by atoms with Gasteiger partial charge in [-0.15, -0.1) is 0 Å². The van der Waals surface area contributed by atoms with Crippen molar-refractivity contribution in [3.8, 4) is 0 Å². The topological polar surface area (TPSA) is 67.6 Å². The second-order valence-electron chi connectivity index (χ2n) is 4.71. The predicted molar refractivity (Wildman–Crippen MR) is 75.3 cm³/mol. The lowest BCUT2D eigenvalue weighted by Crippen LogP contribution is -2.45. The minimum Gasteiger partial charge on any atom is -0.382 e. The highest BCUT2D eigenvalue weighted by Crippen LogP contribution is 2.12. The molecule has 104 valence electrons. The monoisotopic (exact) mass is 263 g/mol. The number of ether oxygens (including phenoxy) is 1. The fourth-order valence-corrected chi connectivity index (χ4v) is 2.21. The van der Waals surface area contributed by atoms with E-state index >= 15 is 0 Å². The van der Waals surface area contributed by atoms with Crippen LogP contribution in [-0.4, -0.2) is 49.7 Å². The quantitative estimate of drug-likeness (QED) is 0.829. The van der Waals surface area contributed by atoms with Gasteiger partial charge in [-0.1, -0.05) is 13.0 Å². The molecule has 0 radical (unpaired) electrons. The lowest BCUT2D eigenvalue weighted by molar-refractivity contribution is -0.0191. The van der Waals surface area contributed by atoms with Crippen molar-refractivity contribution in [1.29, 1.82) is 0 Å². The highest BCUT2D eigenvalue weighted by atomic mass is 16.5. The molecule has 1 aromatic carbocycles. The molecule has 3 N–H and O–H groups in total. The maximum absolute atomic E-state index is 11.1. The minimum absolute atomic E-state index is 0.186. The van der Waals surface area contributed by atoms with Crippen LogP contribution in [0.25, 0.3) is 0 Å². The zero-order valence-electron chi connectivity index (χ0n) is 11.3. The summed E-state index contributed by atoms with van der Waals surface area (Å²) in [6, 6.07) is 7.22. The van der Waals surface area contributed by atoms with Crippen LogP contribution in [0.15, 0.2) is 24.3 Å². The molecule has 0 saturated carbocycles. The lowest BCUT2D eigenvalue weighted by atomic mass is 10.2. The van der Waals surface area contributed by atoms with Crippen molar-refractivity contribution in [2.45, 2.75) is 13.0 Å². The van der Waals surface area contributed by atoms with Gasteiger partial charge < -0.3 is 15.8 Å². The number of amides is 1. The summed E-state index contributed by atoms with van der Waals surface area (Å²) >= 11 is 0. The Morgan fingerprint density at radius 1 is 1.58 bits per heavy atom. The van der Waals surface area contributed by atoms with Gasteiger partial charge in [-0.3, -0.25) is 9.69 Å². The van der Waals surface area contributed by atoms with E-state index in [4.69, 9.17) is 10.5 Å². The van der Waals surface area contributed by atoms with Crippen LogP contribution in [0.1, 0.15) is 17.3 Å². The van der Waals surface area contributed by atoms with Crippen LogP contribution in [-0.2, 0) is 4.74 Å². The number of benzene rings is 1. The average Bonchev–Trinajstić information content (AvgIpc) is 2.45. The van der Waals surface area contributed by atoms with Crippen molar-refractivity contribution in [2.24, 2.45) is 5.73 Å². The third-order valence-electron chi connectivity index (χ3n) is 3.35. The second-order valence-corrected chi connectivity index (χ2v) is 4.71. The fourth-order valence-electron chi connectivity index (χ4n) is 2.21. The summed E-state index contributed by atoms with van der Waals surface area (Å²) < 4.78 is 5.71. The van der Waals surface area contributed by atoms with Crippen LogP contribution in [0.2, 0.25) is 0 Å². The third kappa shape index (κ3) is 3.94. The molecule has 5 nitrogen and oxygen atoms in total. The van der Waals surface area contributed by atoms with Gasteiger partial charge in [0.1, 0.15) is 0 Å². The number of nitrogens with zero attached hydrogens (tertiary/aromatic N) is 1. The van der Waals surface area contributed by atoms with Gasteiger partial charge in [0, 0.05) is 30.9 Å². The average molecular weight is 263 g/mol. The fraction of sp³-hybridized carbons (Fsp3) is 0.500. The molecule has 1 amide bonds. The van der Waals surface area contributed by atoms with Crippen LogP contribution in [0, 0.1) is 0 Å². The molecule has 1 unspecified atom stereocenters. The highest BCUT2D eigenvalue weighted by Gasteiger charge is 2.18. The van der Waals surface area contributed by atoms with Gasteiger partial charge >= 0.3 is 0 Å². The maximum Gasteiger partial charge on any atom is 0.248 e. The molecule has 1 atom stereocenters. The Kier molecular flexibility index (Phi) is 4.76. The zero-order valence-corrected chi connectivity index (χ0v) is 11.3. The van der Waals surface area contributed by atoms with Gasteiger partial charge in [0.05, 0.1) is 12.7 Å². The van der Waals surface area contributed by atoms with E-state index in [0.29, 0.717) is 5.56 Å². The van der Waals surface area contributed by atoms with E-state index in [1.807, 2.05) is 12.1 Å². The maximum atomic E-state index is 11.1. The van der Waals surface area contributed by atoms with Gasteiger partial charge in [-0.05, 0) is 24.7 Å².